The monoisotopic (exact) mass is 270 g/mol. The minimum atomic E-state index is -0.721. The van der Waals surface area contributed by atoms with Crippen molar-refractivity contribution in [2.45, 2.75) is 36.3 Å². The second-order valence-corrected chi connectivity index (χ2v) is 7.27. The maximum atomic E-state index is 11.4. The van der Waals surface area contributed by atoms with Crippen LogP contribution in [0, 0.1) is 5.41 Å². The SMILES string of the molecule is CC1(C)CC(Sc2cccc(Cl)c2)(C(=O)O)C1. The van der Waals surface area contributed by atoms with E-state index in [0.29, 0.717) is 17.9 Å². The molecule has 1 fully saturated rings. The van der Waals surface area contributed by atoms with Gasteiger partial charge in [-0.05, 0) is 36.5 Å². The van der Waals surface area contributed by atoms with Gasteiger partial charge in [0.25, 0.3) is 0 Å². The highest BCUT2D eigenvalue weighted by Gasteiger charge is 2.55. The molecule has 1 saturated carbocycles. The third kappa shape index (κ3) is 2.61. The Morgan fingerprint density at radius 3 is 2.53 bits per heavy atom. The first-order valence-corrected chi connectivity index (χ1v) is 6.71. The summed E-state index contributed by atoms with van der Waals surface area (Å²) in [5, 5.41) is 10.0. The van der Waals surface area contributed by atoms with E-state index < -0.39 is 10.7 Å². The average molecular weight is 271 g/mol. The highest BCUT2D eigenvalue weighted by Crippen LogP contribution is 2.57. The standard InChI is InChI=1S/C13H15ClO2S/c1-12(2)7-13(8-12,11(15)16)17-10-5-3-4-9(14)6-10/h3-6H,7-8H2,1-2H3,(H,15,16). The Bertz CT molecular complexity index is 448. The molecule has 1 N–H and O–H groups in total. The van der Waals surface area contributed by atoms with Crippen LogP contribution in [0.2, 0.25) is 5.02 Å². The maximum Gasteiger partial charge on any atom is 0.320 e. The topological polar surface area (TPSA) is 37.3 Å². The molecule has 0 radical (unpaired) electrons. The highest BCUT2D eigenvalue weighted by molar-refractivity contribution is 8.01. The summed E-state index contributed by atoms with van der Waals surface area (Å²) in [6, 6.07) is 7.38. The van der Waals surface area contributed by atoms with Crippen molar-refractivity contribution >= 4 is 29.3 Å². The van der Waals surface area contributed by atoms with Gasteiger partial charge in [-0.15, -0.1) is 11.8 Å². The van der Waals surface area contributed by atoms with Gasteiger partial charge < -0.3 is 5.11 Å². The molecule has 1 aromatic carbocycles. The first-order chi connectivity index (χ1) is 7.83. The van der Waals surface area contributed by atoms with Gasteiger partial charge in [0.15, 0.2) is 0 Å². The average Bonchev–Trinajstić information content (AvgIpc) is 2.14. The smallest absolute Gasteiger partial charge is 0.320 e. The van der Waals surface area contributed by atoms with Crippen LogP contribution in [0.5, 0.6) is 0 Å². The second-order valence-electron chi connectivity index (χ2n) is 5.38. The molecular weight excluding hydrogens is 256 g/mol. The molecule has 2 nitrogen and oxygen atoms in total. The van der Waals surface area contributed by atoms with E-state index in [1.807, 2.05) is 18.2 Å². The van der Waals surface area contributed by atoms with Crippen LogP contribution in [0.4, 0.5) is 0 Å². The van der Waals surface area contributed by atoms with Crippen LogP contribution in [-0.2, 0) is 4.79 Å². The van der Waals surface area contributed by atoms with Crippen molar-refractivity contribution in [3.8, 4) is 0 Å². The number of carboxylic acids is 1. The van der Waals surface area contributed by atoms with Gasteiger partial charge in [0.1, 0.15) is 4.75 Å². The maximum absolute atomic E-state index is 11.4. The van der Waals surface area contributed by atoms with E-state index >= 15 is 0 Å². The number of hydrogen-bond donors (Lipinski definition) is 1. The predicted molar refractivity (Wildman–Crippen MR) is 70.7 cm³/mol. The summed E-state index contributed by atoms with van der Waals surface area (Å²) >= 11 is 7.33. The van der Waals surface area contributed by atoms with Crippen LogP contribution < -0.4 is 0 Å². The minimum Gasteiger partial charge on any atom is -0.480 e. The van der Waals surface area contributed by atoms with E-state index in [1.165, 1.54) is 11.8 Å². The zero-order valence-corrected chi connectivity index (χ0v) is 11.4. The van der Waals surface area contributed by atoms with Crippen molar-refractivity contribution in [2.75, 3.05) is 0 Å². The summed E-state index contributed by atoms with van der Waals surface area (Å²) in [5.41, 5.74) is 0.129. The Morgan fingerprint density at radius 2 is 2.06 bits per heavy atom. The molecule has 4 heteroatoms. The summed E-state index contributed by atoms with van der Waals surface area (Å²) in [7, 11) is 0. The van der Waals surface area contributed by atoms with Gasteiger partial charge in [-0.3, -0.25) is 4.79 Å². The summed E-state index contributed by atoms with van der Waals surface area (Å²) < 4.78 is -0.672. The minimum absolute atomic E-state index is 0.129. The Hall–Kier alpha value is -0.670. The van der Waals surface area contributed by atoms with E-state index in [2.05, 4.69) is 13.8 Å². The molecule has 0 heterocycles. The van der Waals surface area contributed by atoms with E-state index in [0.717, 1.165) is 4.90 Å². The van der Waals surface area contributed by atoms with Crippen molar-refractivity contribution in [1.82, 2.24) is 0 Å². The van der Waals surface area contributed by atoms with Gasteiger partial charge >= 0.3 is 5.97 Å². The Kier molecular flexibility index (Phi) is 3.17. The molecular formula is C13H15ClO2S. The summed E-state index contributed by atoms with van der Waals surface area (Å²) in [5.74, 6) is -0.721. The van der Waals surface area contributed by atoms with Gasteiger partial charge in [0.05, 0.1) is 0 Å². The Labute approximate surface area is 110 Å². The fraction of sp³-hybridized carbons (Fsp3) is 0.462. The quantitative estimate of drug-likeness (QED) is 0.899. The fourth-order valence-corrected chi connectivity index (χ4v) is 4.57. The highest BCUT2D eigenvalue weighted by atomic mass is 35.5. The fourth-order valence-electron chi connectivity index (χ4n) is 2.52. The number of aliphatic carboxylic acids is 1. The molecule has 0 spiro atoms. The number of halogens is 1. The van der Waals surface area contributed by atoms with Crippen molar-refractivity contribution in [1.29, 1.82) is 0 Å². The van der Waals surface area contributed by atoms with E-state index in [4.69, 9.17) is 11.6 Å². The number of thioether (sulfide) groups is 1. The lowest BCUT2D eigenvalue weighted by Gasteiger charge is -2.49. The molecule has 2 rings (SSSR count). The molecule has 1 aliphatic rings. The summed E-state index contributed by atoms with van der Waals surface area (Å²) in [6.45, 7) is 4.21. The number of benzene rings is 1. The van der Waals surface area contributed by atoms with Crippen LogP contribution in [0.25, 0.3) is 0 Å². The second kappa shape index (κ2) is 4.21. The zero-order chi connectivity index (χ0) is 12.7. The van der Waals surface area contributed by atoms with E-state index in [1.54, 1.807) is 6.07 Å². The van der Waals surface area contributed by atoms with Crippen LogP contribution in [0.3, 0.4) is 0 Å². The lowest BCUT2D eigenvalue weighted by atomic mass is 9.64. The van der Waals surface area contributed by atoms with Gasteiger partial charge in [0.2, 0.25) is 0 Å². The normalized spacial score (nSPS) is 20.6. The summed E-state index contributed by atoms with van der Waals surface area (Å²) in [4.78, 5) is 12.4. The largest absolute Gasteiger partial charge is 0.480 e. The predicted octanol–water partition coefficient (Wildman–Crippen LogP) is 4.08. The molecule has 0 aromatic heterocycles. The lowest BCUT2D eigenvalue weighted by Crippen LogP contribution is -2.52. The number of hydrogen-bond acceptors (Lipinski definition) is 2. The molecule has 1 aromatic rings. The number of carboxylic acid groups (broad SMARTS) is 1. The van der Waals surface area contributed by atoms with Crippen molar-refractivity contribution in [3.63, 3.8) is 0 Å². The molecule has 17 heavy (non-hydrogen) atoms. The molecule has 0 unspecified atom stereocenters. The van der Waals surface area contributed by atoms with Gasteiger partial charge in [0, 0.05) is 9.92 Å². The first kappa shape index (κ1) is 12.8. The Morgan fingerprint density at radius 1 is 1.41 bits per heavy atom. The number of carbonyl (C=O) groups is 1. The van der Waals surface area contributed by atoms with Crippen LogP contribution in [0.1, 0.15) is 26.7 Å². The third-order valence-corrected chi connectivity index (χ3v) is 4.61. The van der Waals surface area contributed by atoms with Crippen molar-refractivity contribution < 1.29 is 9.90 Å². The van der Waals surface area contributed by atoms with Crippen LogP contribution in [-0.4, -0.2) is 15.8 Å². The van der Waals surface area contributed by atoms with Gasteiger partial charge in [-0.1, -0.05) is 31.5 Å². The summed E-state index contributed by atoms with van der Waals surface area (Å²) in [6.07, 6.45) is 1.40. The molecule has 1 aliphatic carbocycles. The van der Waals surface area contributed by atoms with E-state index in [9.17, 15) is 9.90 Å². The van der Waals surface area contributed by atoms with Crippen molar-refractivity contribution in [3.05, 3.63) is 29.3 Å². The van der Waals surface area contributed by atoms with Crippen LogP contribution in [0.15, 0.2) is 29.2 Å². The molecule has 92 valence electrons. The van der Waals surface area contributed by atoms with Crippen molar-refractivity contribution in [2.24, 2.45) is 5.41 Å². The van der Waals surface area contributed by atoms with Gasteiger partial charge in [-0.2, -0.15) is 0 Å². The zero-order valence-electron chi connectivity index (χ0n) is 9.87. The van der Waals surface area contributed by atoms with Crippen LogP contribution >= 0.6 is 23.4 Å². The lowest BCUT2D eigenvalue weighted by molar-refractivity contribution is -0.145. The molecule has 0 atom stereocenters. The number of rotatable bonds is 3. The first-order valence-electron chi connectivity index (χ1n) is 5.51. The molecule has 0 bridgehead atoms. The third-order valence-electron chi connectivity index (χ3n) is 3.03. The molecule has 0 aliphatic heterocycles. The van der Waals surface area contributed by atoms with E-state index in [-0.39, 0.29) is 5.41 Å². The molecule has 0 saturated heterocycles. The molecule has 0 amide bonds. The Balaban J connectivity index is 2.18. The van der Waals surface area contributed by atoms with Gasteiger partial charge in [-0.25, -0.2) is 0 Å².